The van der Waals surface area contributed by atoms with E-state index in [1.54, 1.807) is 21.3 Å². The lowest BCUT2D eigenvalue weighted by molar-refractivity contribution is 0.315. The quantitative estimate of drug-likeness (QED) is 0.524. The van der Waals surface area contributed by atoms with Crippen molar-refractivity contribution in [3.63, 3.8) is 0 Å². The Balaban J connectivity index is 1.64. The average Bonchev–Trinajstić information content (AvgIpc) is 3.51. The molecule has 2 aliphatic carbocycles. The van der Waals surface area contributed by atoms with Crippen LogP contribution in [0.1, 0.15) is 51.0 Å². The van der Waals surface area contributed by atoms with Gasteiger partial charge in [-0.05, 0) is 42.9 Å². The molecule has 0 aliphatic heterocycles. The van der Waals surface area contributed by atoms with Gasteiger partial charge in [-0.25, -0.2) is 4.99 Å². The molecular formula is C22H35N3O3. The summed E-state index contributed by atoms with van der Waals surface area (Å²) in [4.78, 5) is 4.79. The molecule has 2 fully saturated rings. The number of benzene rings is 1. The number of ether oxygens (including phenoxy) is 3. The molecule has 2 atom stereocenters. The van der Waals surface area contributed by atoms with Gasteiger partial charge in [0.2, 0.25) is 5.75 Å². The number of aliphatic imine (C=N–C) groups is 1. The molecule has 28 heavy (non-hydrogen) atoms. The molecule has 1 aromatic rings. The van der Waals surface area contributed by atoms with Crippen molar-refractivity contribution < 1.29 is 14.2 Å². The Bertz CT molecular complexity index is 646. The fraction of sp³-hybridized carbons (Fsp3) is 0.682. The fourth-order valence-electron chi connectivity index (χ4n) is 4.36. The van der Waals surface area contributed by atoms with Gasteiger partial charge in [0.05, 0.1) is 27.9 Å². The Kier molecular flexibility index (Phi) is 7.29. The van der Waals surface area contributed by atoms with E-state index >= 15 is 0 Å². The zero-order valence-electron chi connectivity index (χ0n) is 17.7. The molecule has 2 N–H and O–H groups in total. The lowest BCUT2D eigenvalue weighted by Gasteiger charge is -2.22. The van der Waals surface area contributed by atoms with E-state index in [4.69, 9.17) is 19.2 Å². The minimum Gasteiger partial charge on any atom is -0.493 e. The second-order valence-electron chi connectivity index (χ2n) is 7.78. The van der Waals surface area contributed by atoms with Crippen molar-refractivity contribution in [2.45, 2.75) is 58.0 Å². The Morgan fingerprint density at radius 1 is 1.04 bits per heavy atom. The number of nitrogens with one attached hydrogen (secondary N) is 2. The van der Waals surface area contributed by atoms with Crippen molar-refractivity contribution in [2.24, 2.45) is 16.8 Å². The summed E-state index contributed by atoms with van der Waals surface area (Å²) in [6.07, 6.45) is 8.32. The van der Waals surface area contributed by atoms with Crippen LogP contribution in [0, 0.1) is 11.8 Å². The molecule has 0 bridgehead atoms. The summed E-state index contributed by atoms with van der Waals surface area (Å²) >= 11 is 0. The molecular weight excluding hydrogens is 354 g/mol. The SMILES string of the molecule is CCNC(=NCc1cc(OC)c(OC)c(OC)c1)NC1CC1C1CCCCC1. The lowest BCUT2D eigenvalue weighted by Crippen LogP contribution is -2.39. The Morgan fingerprint density at radius 3 is 2.29 bits per heavy atom. The maximum atomic E-state index is 5.44. The Hall–Kier alpha value is -2.11. The molecule has 0 spiro atoms. The van der Waals surface area contributed by atoms with E-state index in [9.17, 15) is 0 Å². The smallest absolute Gasteiger partial charge is 0.203 e. The Morgan fingerprint density at radius 2 is 1.71 bits per heavy atom. The Labute approximate surface area is 169 Å². The van der Waals surface area contributed by atoms with E-state index in [-0.39, 0.29) is 0 Å². The molecule has 0 aromatic heterocycles. The third-order valence-electron chi connectivity index (χ3n) is 5.91. The summed E-state index contributed by atoms with van der Waals surface area (Å²) in [6.45, 7) is 3.50. The monoisotopic (exact) mass is 389 g/mol. The zero-order chi connectivity index (χ0) is 19.9. The van der Waals surface area contributed by atoms with E-state index in [1.165, 1.54) is 38.5 Å². The van der Waals surface area contributed by atoms with Crippen LogP contribution in [-0.2, 0) is 6.54 Å². The van der Waals surface area contributed by atoms with Crippen LogP contribution in [0.25, 0.3) is 0 Å². The molecule has 2 unspecified atom stereocenters. The van der Waals surface area contributed by atoms with Gasteiger partial charge >= 0.3 is 0 Å². The van der Waals surface area contributed by atoms with E-state index in [0.29, 0.717) is 29.8 Å². The van der Waals surface area contributed by atoms with Crippen molar-refractivity contribution >= 4 is 5.96 Å². The van der Waals surface area contributed by atoms with Gasteiger partial charge in [-0.2, -0.15) is 0 Å². The van der Waals surface area contributed by atoms with Crippen LogP contribution in [-0.4, -0.2) is 39.9 Å². The zero-order valence-corrected chi connectivity index (χ0v) is 17.7. The van der Waals surface area contributed by atoms with Gasteiger partial charge < -0.3 is 24.8 Å². The van der Waals surface area contributed by atoms with Crippen LogP contribution in [0.4, 0.5) is 0 Å². The molecule has 6 heteroatoms. The summed E-state index contributed by atoms with van der Waals surface area (Å²) < 4.78 is 16.3. The highest BCUT2D eigenvalue weighted by Gasteiger charge is 2.43. The topological polar surface area (TPSA) is 64.1 Å². The molecule has 0 radical (unpaired) electrons. The van der Waals surface area contributed by atoms with Crippen molar-refractivity contribution in [1.29, 1.82) is 0 Å². The number of hydrogen-bond donors (Lipinski definition) is 2. The van der Waals surface area contributed by atoms with Crippen molar-refractivity contribution in [1.82, 2.24) is 10.6 Å². The first-order valence-corrected chi connectivity index (χ1v) is 10.5. The van der Waals surface area contributed by atoms with E-state index < -0.39 is 0 Å². The normalized spacial score (nSPS) is 22.5. The summed E-state index contributed by atoms with van der Waals surface area (Å²) in [5.41, 5.74) is 1.02. The van der Waals surface area contributed by atoms with Crippen molar-refractivity contribution in [3.05, 3.63) is 17.7 Å². The third-order valence-corrected chi connectivity index (χ3v) is 5.91. The van der Waals surface area contributed by atoms with Crippen LogP contribution in [0.2, 0.25) is 0 Å². The summed E-state index contributed by atoms with van der Waals surface area (Å²) in [5, 5.41) is 7.02. The second kappa shape index (κ2) is 9.89. The molecule has 3 rings (SSSR count). The van der Waals surface area contributed by atoms with Crippen LogP contribution < -0.4 is 24.8 Å². The molecule has 0 amide bonds. The molecule has 1 aromatic carbocycles. The van der Waals surface area contributed by atoms with Gasteiger partial charge in [-0.3, -0.25) is 0 Å². The van der Waals surface area contributed by atoms with Crippen molar-refractivity contribution in [2.75, 3.05) is 27.9 Å². The number of nitrogens with zero attached hydrogens (tertiary/aromatic N) is 1. The van der Waals surface area contributed by atoms with E-state index in [1.807, 2.05) is 12.1 Å². The summed E-state index contributed by atoms with van der Waals surface area (Å²) in [6, 6.07) is 4.48. The number of methoxy groups -OCH3 is 3. The minimum absolute atomic E-state index is 0.548. The van der Waals surface area contributed by atoms with E-state index in [2.05, 4.69) is 17.6 Å². The molecule has 2 saturated carbocycles. The predicted octanol–water partition coefficient (Wildman–Crippen LogP) is 3.74. The van der Waals surface area contributed by atoms with Gasteiger partial charge in [0.1, 0.15) is 0 Å². The van der Waals surface area contributed by atoms with Crippen LogP contribution in [0.15, 0.2) is 17.1 Å². The van der Waals surface area contributed by atoms with Crippen molar-refractivity contribution in [3.8, 4) is 17.2 Å². The first-order chi connectivity index (χ1) is 13.7. The predicted molar refractivity (Wildman–Crippen MR) is 113 cm³/mol. The number of rotatable bonds is 8. The molecule has 0 heterocycles. The maximum absolute atomic E-state index is 5.44. The highest BCUT2D eigenvalue weighted by atomic mass is 16.5. The summed E-state index contributed by atoms with van der Waals surface area (Å²) in [7, 11) is 4.88. The first-order valence-electron chi connectivity index (χ1n) is 10.5. The highest BCUT2D eigenvalue weighted by molar-refractivity contribution is 5.80. The molecule has 156 valence electrons. The van der Waals surface area contributed by atoms with Gasteiger partial charge in [-0.1, -0.05) is 32.1 Å². The largest absolute Gasteiger partial charge is 0.493 e. The number of hydrogen-bond acceptors (Lipinski definition) is 4. The molecule has 0 saturated heterocycles. The van der Waals surface area contributed by atoms with Crippen LogP contribution in [0.3, 0.4) is 0 Å². The molecule has 6 nitrogen and oxygen atoms in total. The maximum Gasteiger partial charge on any atom is 0.203 e. The fourth-order valence-corrected chi connectivity index (χ4v) is 4.36. The second-order valence-corrected chi connectivity index (χ2v) is 7.78. The van der Waals surface area contributed by atoms with E-state index in [0.717, 1.165) is 29.9 Å². The lowest BCUT2D eigenvalue weighted by atomic mass is 9.85. The van der Waals surface area contributed by atoms with Gasteiger partial charge in [0.15, 0.2) is 17.5 Å². The first kappa shape index (κ1) is 20.6. The highest BCUT2D eigenvalue weighted by Crippen LogP contribution is 2.44. The van der Waals surface area contributed by atoms with Gasteiger partial charge in [-0.15, -0.1) is 0 Å². The van der Waals surface area contributed by atoms with Crippen LogP contribution in [0.5, 0.6) is 17.2 Å². The van der Waals surface area contributed by atoms with Gasteiger partial charge in [0.25, 0.3) is 0 Å². The minimum atomic E-state index is 0.548. The third kappa shape index (κ3) is 5.03. The van der Waals surface area contributed by atoms with Gasteiger partial charge in [0, 0.05) is 12.6 Å². The molecule has 2 aliphatic rings. The van der Waals surface area contributed by atoms with Crippen LogP contribution >= 0.6 is 0 Å². The average molecular weight is 390 g/mol. The standard InChI is InChI=1S/C22H35N3O3/c1-5-23-22(25-18-13-17(18)16-9-7-6-8-10-16)24-14-15-11-19(26-2)21(28-4)20(12-15)27-3/h11-12,16-18H,5-10,13-14H2,1-4H3,(H2,23,24,25). The summed E-state index contributed by atoms with van der Waals surface area (Å²) in [5.74, 6) is 4.54. The number of guanidine groups is 1.